The zero-order valence-corrected chi connectivity index (χ0v) is 6.32. The molecule has 0 bridgehead atoms. The van der Waals surface area contributed by atoms with Crippen LogP contribution >= 0.6 is 0 Å². The van der Waals surface area contributed by atoms with Gasteiger partial charge in [-0.2, -0.15) is 0 Å². The Kier molecular flexibility index (Phi) is 1.12. The SMILES string of the molecule is CCC1CC12CCCC2. The largest absolute Gasteiger partial charge is 0.0651 e. The first-order chi connectivity index (χ1) is 4.37. The Hall–Kier alpha value is 0. The van der Waals surface area contributed by atoms with Crippen LogP contribution in [-0.4, -0.2) is 0 Å². The van der Waals surface area contributed by atoms with Gasteiger partial charge in [0.1, 0.15) is 0 Å². The van der Waals surface area contributed by atoms with E-state index < -0.39 is 0 Å². The number of hydrogen-bond donors (Lipinski definition) is 0. The summed E-state index contributed by atoms with van der Waals surface area (Å²) in [6.45, 7) is 2.34. The summed E-state index contributed by atoms with van der Waals surface area (Å²) in [6, 6.07) is 0. The zero-order chi connectivity index (χ0) is 6.32. The molecule has 2 saturated carbocycles. The average Bonchev–Trinajstić information content (AvgIpc) is 2.30. The van der Waals surface area contributed by atoms with Crippen LogP contribution in [0.15, 0.2) is 0 Å². The lowest BCUT2D eigenvalue weighted by atomic mass is 10.0. The minimum Gasteiger partial charge on any atom is -0.0651 e. The second kappa shape index (κ2) is 1.74. The smallest absolute Gasteiger partial charge is 0.0266 e. The third-order valence-corrected chi connectivity index (χ3v) is 3.45. The highest BCUT2D eigenvalue weighted by Crippen LogP contribution is 2.63. The Morgan fingerprint density at radius 3 is 2.44 bits per heavy atom. The molecule has 2 aliphatic rings. The zero-order valence-electron chi connectivity index (χ0n) is 6.32. The van der Waals surface area contributed by atoms with E-state index in [-0.39, 0.29) is 0 Å². The molecule has 0 aromatic rings. The Bertz CT molecular complexity index is 109. The maximum Gasteiger partial charge on any atom is -0.0266 e. The number of hydrogen-bond acceptors (Lipinski definition) is 0. The third-order valence-electron chi connectivity index (χ3n) is 3.45. The lowest BCUT2D eigenvalue weighted by molar-refractivity contribution is 0.464. The van der Waals surface area contributed by atoms with Crippen molar-refractivity contribution >= 4 is 0 Å². The molecule has 0 saturated heterocycles. The topological polar surface area (TPSA) is 0 Å². The van der Waals surface area contributed by atoms with Crippen LogP contribution in [-0.2, 0) is 0 Å². The highest BCUT2D eigenvalue weighted by molar-refractivity contribution is 5.03. The monoisotopic (exact) mass is 124 g/mol. The van der Waals surface area contributed by atoms with Crippen LogP contribution < -0.4 is 0 Å². The van der Waals surface area contributed by atoms with Gasteiger partial charge < -0.3 is 0 Å². The molecule has 2 aliphatic carbocycles. The highest BCUT2D eigenvalue weighted by Gasteiger charge is 2.53. The molecule has 0 heteroatoms. The van der Waals surface area contributed by atoms with Crippen molar-refractivity contribution in [3.63, 3.8) is 0 Å². The van der Waals surface area contributed by atoms with Gasteiger partial charge in [-0.05, 0) is 30.6 Å². The molecule has 52 valence electrons. The summed E-state index contributed by atoms with van der Waals surface area (Å²) in [6.07, 6.45) is 9.19. The molecule has 2 fully saturated rings. The van der Waals surface area contributed by atoms with Crippen molar-refractivity contribution in [1.29, 1.82) is 0 Å². The minimum atomic E-state index is 0.911. The molecule has 2 rings (SSSR count). The lowest BCUT2D eigenvalue weighted by Crippen LogP contribution is -1.94. The molecule has 0 aromatic heterocycles. The van der Waals surface area contributed by atoms with E-state index in [2.05, 4.69) is 6.92 Å². The fraction of sp³-hybridized carbons (Fsp3) is 1.00. The predicted molar refractivity (Wildman–Crippen MR) is 39.3 cm³/mol. The molecule has 0 radical (unpaired) electrons. The number of rotatable bonds is 1. The maximum absolute atomic E-state index is 2.34. The highest BCUT2D eigenvalue weighted by atomic mass is 14.6. The van der Waals surface area contributed by atoms with Crippen LogP contribution in [0.3, 0.4) is 0 Å². The van der Waals surface area contributed by atoms with Gasteiger partial charge in [0.25, 0.3) is 0 Å². The summed E-state index contributed by atoms with van der Waals surface area (Å²) in [5, 5.41) is 0. The fourth-order valence-corrected chi connectivity index (χ4v) is 2.70. The van der Waals surface area contributed by atoms with Gasteiger partial charge >= 0.3 is 0 Å². The Morgan fingerprint density at radius 2 is 2.00 bits per heavy atom. The van der Waals surface area contributed by atoms with E-state index in [9.17, 15) is 0 Å². The van der Waals surface area contributed by atoms with E-state index in [4.69, 9.17) is 0 Å². The molecule has 1 spiro atoms. The summed E-state index contributed by atoms with van der Waals surface area (Å²) in [7, 11) is 0. The van der Waals surface area contributed by atoms with E-state index in [1.807, 2.05) is 0 Å². The van der Waals surface area contributed by atoms with Crippen molar-refractivity contribution in [2.24, 2.45) is 11.3 Å². The summed E-state index contributed by atoms with van der Waals surface area (Å²) in [5.41, 5.74) is 0.911. The van der Waals surface area contributed by atoms with Crippen molar-refractivity contribution < 1.29 is 0 Å². The van der Waals surface area contributed by atoms with E-state index in [0.29, 0.717) is 0 Å². The summed E-state index contributed by atoms with van der Waals surface area (Å²) >= 11 is 0. The van der Waals surface area contributed by atoms with Gasteiger partial charge in [-0.3, -0.25) is 0 Å². The van der Waals surface area contributed by atoms with Gasteiger partial charge in [0, 0.05) is 0 Å². The molecule has 0 nitrogen and oxygen atoms in total. The predicted octanol–water partition coefficient (Wildman–Crippen LogP) is 2.98. The van der Waals surface area contributed by atoms with Crippen molar-refractivity contribution in [3.8, 4) is 0 Å². The third kappa shape index (κ3) is 0.720. The fourth-order valence-electron chi connectivity index (χ4n) is 2.70. The normalized spacial score (nSPS) is 37.7. The first-order valence-corrected chi connectivity index (χ1v) is 4.37. The van der Waals surface area contributed by atoms with E-state index in [1.165, 1.54) is 19.3 Å². The van der Waals surface area contributed by atoms with Crippen LogP contribution in [0.4, 0.5) is 0 Å². The van der Waals surface area contributed by atoms with Gasteiger partial charge in [0.15, 0.2) is 0 Å². The van der Waals surface area contributed by atoms with E-state index >= 15 is 0 Å². The van der Waals surface area contributed by atoms with Gasteiger partial charge in [0.05, 0.1) is 0 Å². The standard InChI is InChI=1S/C9H16/c1-2-8-7-9(8)5-3-4-6-9/h8H,2-7H2,1H3. The minimum absolute atomic E-state index is 0.911. The van der Waals surface area contributed by atoms with Crippen molar-refractivity contribution in [2.45, 2.75) is 45.4 Å². The molecular weight excluding hydrogens is 108 g/mol. The van der Waals surface area contributed by atoms with Crippen LogP contribution in [0.1, 0.15) is 45.4 Å². The van der Waals surface area contributed by atoms with Gasteiger partial charge in [0.2, 0.25) is 0 Å². The Labute approximate surface area is 57.6 Å². The van der Waals surface area contributed by atoms with Gasteiger partial charge in [-0.25, -0.2) is 0 Å². The molecule has 9 heavy (non-hydrogen) atoms. The second-order valence-electron chi connectivity index (χ2n) is 3.88. The van der Waals surface area contributed by atoms with Gasteiger partial charge in [-0.15, -0.1) is 0 Å². The molecule has 1 atom stereocenters. The summed E-state index contributed by atoms with van der Waals surface area (Å²) < 4.78 is 0. The first-order valence-electron chi connectivity index (χ1n) is 4.37. The molecule has 0 heterocycles. The molecular formula is C9H16. The Balaban J connectivity index is 1.97. The summed E-state index contributed by atoms with van der Waals surface area (Å²) in [4.78, 5) is 0. The van der Waals surface area contributed by atoms with Gasteiger partial charge in [-0.1, -0.05) is 26.2 Å². The molecule has 0 amide bonds. The van der Waals surface area contributed by atoms with Crippen molar-refractivity contribution in [2.75, 3.05) is 0 Å². The Morgan fingerprint density at radius 1 is 1.33 bits per heavy atom. The molecule has 0 N–H and O–H groups in total. The van der Waals surface area contributed by atoms with Crippen LogP contribution in [0.25, 0.3) is 0 Å². The first kappa shape index (κ1) is 5.76. The lowest BCUT2D eigenvalue weighted by Gasteiger charge is -2.04. The van der Waals surface area contributed by atoms with Crippen molar-refractivity contribution in [1.82, 2.24) is 0 Å². The second-order valence-corrected chi connectivity index (χ2v) is 3.88. The van der Waals surface area contributed by atoms with Crippen LogP contribution in [0.2, 0.25) is 0 Å². The molecule has 0 aliphatic heterocycles. The van der Waals surface area contributed by atoms with Crippen LogP contribution in [0.5, 0.6) is 0 Å². The summed E-state index contributed by atoms with van der Waals surface area (Å²) in [5.74, 6) is 1.14. The van der Waals surface area contributed by atoms with E-state index in [0.717, 1.165) is 11.3 Å². The van der Waals surface area contributed by atoms with E-state index in [1.54, 1.807) is 19.3 Å². The van der Waals surface area contributed by atoms with Crippen LogP contribution in [0, 0.1) is 11.3 Å². The molecule has 1 unspecified atom stereocenters. The average molecular weight is 124 g/mol. The quantitative estimate of drug-likeness (QED) is 0.504. The maximum atomic E-state index is 2.34. The molecule has 0 aromatic carbocycles. The van der Waals surface area contributed by atoms with Crippen molar-refractivity contribution in [3.05, 3.63) is 0 Å².